The van der Waals surface area contributed by atoms with Crippen LogP contribution in [0, 0.1) is 0 Å². The van der Waals surface area contributed by atoms with Crippen molar-refractivity contribution in [2.45, 2.75) is 6.42 Å². The molecule has 0 aromatic carbocycles. The van der Waals surface area contributed by atoms with Crippen LogP contribution in [0.4, 0.5) is 0 Å². The third-order valence-electron chi connectivity index (χ3n) is 1.02. The normalized spacial score (nSPS) is 11.1. The Morgan fingerprint density at radius 1 is 1.70 bits per heavy atom. The van der Waals surface area contributed by atoms with Crippen molar-refractivity contribution in [3.8, 4) is 0 Å². The van der Waals surface area contributed by atoms with Crippen molar-refractivity contribution in [2.24, 2.45) is 5.73 Å². The zero-order valence-corrected chi connectivity index (χ0v) is 5.71. The summed E-state index contributed by atoms with van der Waals surface area (Å²) < 4.78 is 0. The molecule has 0 aromatic rings. The van der Waals surface area contributed by atoms with E-state index in [0.29, 0.717) is 12.0 Å². The summed E-state index contributed by atoms with van der Waals surface area (Å²) in [4.78, 5) is 10.5. The summed E-state index contributed by atoms with van der Waals surface area (Å²) in [5, 5.41) is 8.39. The van der Waals surface area contributed by atoms with E-state index in [0.717, 1.165) is 0 Å². The molecule has 0 unspecified atom stereocenters. The molecule has 0 saturated heterocycles. The lowest BCUT2D eigenvalue weighted by molar-refractivity contribution is -0.114. The smallest absolute Gasteiger partial charge is 0.244 e. The average molecular weight is 141 g/mol. The van der Waals surface area contributed by atoms with Gasteiger partial charge in [0.05, 0.1) is 6.61 Å². The summed E-state index contributed by atoms with van der Waals surface area (Å²) in [7, 11) is 0. The van der Waals surface area contributed by atoms with Gasteiger partial charge in [-0.3, -0.25) is 4.79 Å². The van der Waals surface area contributed by atoms with Gasteiger partial charge in [-0.05, 0) is 6.42 Å². The highest BCUT2D eigenvalue weighted by molar-refractivity contribution is 5.92. The van der Waals surface area contributed by atoms with Crippen LogP contribution in [-0.4, -0.2) is 17.6 Å². The molecule has 0 aliphatic heterocycles. The molecule has 0 aliphatic carbocycles. The quantitative estimate of drug-likeness (QED) is 0.426. The largest absolute Gasteiger partial charge is 0.392 e. The van der Waals surface area contributed by atoms with E-state index in [1.807, 2.05) is 0 Å². The van der Waals surface area contributed by atoms with Gasteiger partial charge in [0.1, 0.15) is 0 Å². The summed E-state index contributed by atoms with van der Waals surface area (Å²) in [5.41, 5.74) is 5.34. The number of hydrogen-bond donors (Lipinski definition) is 2. The second kappa shape index (κ2) is 4.76. The van der Waals surface area contributed by atoms with Crippen LogP contribution < -0.4 is 5.73 Å². The van der Waals surface area contributed by atoms with Gasteiger partial charge < -0.3 is 10.8 Å². The third kappa shape index (κ3) is 3.04. The molecule has 0 aliphatic rings. The lowest BCUT2D eigenvalue weighted by atomic mass is 10.1. The number of primary amides is 1. The number of aliphatic hydroxyl groups excluding tert-OH is 1. The highest BCUT2D eigenvalue weighted by Crippen LogP contribution is 1.99. The number of rotatable bonds is 4. The lowest BCUT2D eigenvalue weighted by Gasteiger charge is -1.95. The number of amides is 1. The summed E-state index contributed by atoms with van der Waals surface area (Å²) in [5.74, 6) is -0.506. The molecule has 0 saturated carbocycles. The van der Waals surface area contributed by atoms with Crippen molar-refractivity contribution in [3.63, 3.8) is 0 Å². The van der Waals surface area contributed by atoms with Crippen LogP contribution in [0.5, 0.6) is 0 Å². The molecular formula is C7H11NO2. The lowest BCUT2D eigenvalue weighted by Crippen LogP contribution is -2.13. The number of aliphatic hydroxyl groups is 1. The Balaban J connectivity index is 4.10. The Kier molecular flexibility index (Phi) is 4.24. The van der Waals surface area contributed by atoms with Crippen molar-refractivity contribution >= 4 is 5.91 Å². The Bertz CT molecular complexity index is 161. The summed E-state index contributed by atoms with van der Waals surface area (Å²) in [6.45, 7) is 3.27. The minimum Gasteiger partial charge on any atom is -0.392 e. The molecule has 0 aromatic heterocycles. The predicted octanol–water partition coefficient (Wildman–Crippen LogP) is -0.0335. The van der Waals surface area contributed by atoms with E-state index in [1.165, 1.54) is 6.08 Å². The third-order valence-corrected chi connectivity index (χ3v) is 1.02. The Morgan fingerprint density at radius 2 is 2.30 bits per heavy atom. The molecule has 0 fully saturated rings. The summed E-state index contributed by atoms with van der Waals surface area (Å²) >= 11 is 0. The maximum absolute atomic E-state index is 10.5. The maximum Gasteiger partial charge on any atom is 0.244 e. The Morgan fingerprint density at radius 3 is 2.60 bits per heavy atom. The first-order valence-electron chi connectivity index (χ1n) is 2.93. The van der Waals surface area contributed by atoms with Gasteiger partial charge in [-0.25, -0.2) is 0 Å². The molecule has 56 valence electrons. The van der Waals surface area contributed by atoms with Crippen LogP contribution in [0.1, 0.15) is 6.42 Å². The van der Waals surface area contributed by atoms with Gasteiger partial charge in [0, 0.05) is 5.57 Å². The van der Waals surface area contributed by atoms with E-state index in [2.05, 4.69) is 6.58 Å². The molecule has 0 rings (SSSR count). The molecule has 0 bridgehead atoms. The average Bonchev–Trinajstić information content (AvgIpc) is 1.87. The van der Waals surface area contributed by atoms with Crippen molar-refractivity contribution in [2.75, 3.05) is 6.61 Å². The summed E-state index contributed by atoms with van der Waals surface area (Å²) in [6, 6.07) is 0. The molecule has 10 heavy (non-hydrogen) atoms. The predicted molar refractivity (Wildman–Crippen MR) is 39.2 cm³/mol. The fraction of sp³-hybridized carbons (Fsp3) is 0.286. The minimum atomic E-state index is -0.506. The highest BCUT2D eigenvalue weighted by Gasteiger charge is 1.99. The first-order valence-corrected chi connectivity index (χ1v) is 2.93. The minimum absolute atomic E-state index is 0.161. The van der Waals surface area contributed by atoms with E-state index < -0.39 is 5.91 Å². The molecule has 0 radical (unpaired) electrons. The fourth-order valence-electron chi connectivity index (χ4n) is 0.550. The van der Waals surface area contributed by atoms with E-state index in [4.69, 9.17) is 10.8 Å². The molecule has 3 heteroatoms. The van der Waals surface area contributed by atoms with Gasteiger partial charge in [0.15, 0.2) is 0 Å². The second-order valence-corrected chi connectivity index (χ2v) is 1.77. The van der Waals surface area contributed by atoms with Crippen LogP contribution >= 0.6 is 0 Å². The van der Waals surface area contributed by atoms with Gasteiger partial charge in [-0.2, -0.15) is 0 Å². The van der Waals surface area contributed by atoms with Gasteiger partial charge in [-0.1, -0.05) is 12.2 Å². The van der Waals surface area contributed by atoms with Gasteiger partial charge in [0.25, 0.3) is 0 Å². The second-order valence-electron chi connectivity index (χ2n) is 1.77. The summed E-state index contributed by atoms with van der Waals surface area (Å²) in [6.07, 6.45) is 3.35. The van der Waals surface area contributed by atoms with Crippen LogP contribution in [-0.2, 0) is 4.79 Å². The molecule has 0 spiro atoms. The zero-order valence-electron chi connectivity index (χ0n) is 5.71. The van der Waals surface area contributed by atoms with Gasteiger partial charge in [0.2, 0.25) is 5.91 Å². The number of carbonyl (C=O) groups is 1. The van der Waals surface area contributed by atoms with E-state index >= 15 is 0 Å². The molecular weight excluding hydrogens is 130 g/mol. The van der Waals surface area contributed by atoms with Crippen LogP contribution in [0.2, 0.25) is 0 Å². The Hall–Kier alpha value is -1.09. The van der Waals surface area contributed by atoms with Gasteiger partial charge in [-0.15, -0.1) is 6.58 Å². The molecule has 3 N–H and O–H groups in total. The first-order chi connectivity index (χ1) is 4.72. The van der Waals surface area contributed by atoms with Crippen LogP contribution in [0.15, 0.2) is 24.3 Å². The SMILES string of the molecule is C=CCC(=CCO)C(N)=O. The van der Waals surface area contributed by atoms with E-state index in [9.17, 15) is 4.79 Å². The Labute approximate surface area is 59.8 Å². The first kappa shape index (κ1) is 8.91. The van der Waals surface area contributed by atoms with E-state index in [1.54, 1.807) is 6.08 Å². The number of nitrogens with two attached hydrogens (primary N) is 1. The topological polar surface area (TPSA) is 63.3 Å². The molecule has 1 amide bonds. The van der Waals surface area contributed by atoms with Crippen molar-refractivity contribution < 1.29 is 9.90 Å². The number of carbonyl (C=O) groups excluding carboxylic acids is 1. The van der Waals surface area contributed by atoms with Crippen molar-refractivity contribution in [3.05, 3.63) is 24.3 Å². The standard InChI is InChI=1S/C7H11NO2/c1-2-3-6(4-5-9)7(8)10/h2,4,9H,1,3,5H2,(H2,8,10). The zero-order chi connectivity index (χ0) is 7.98. The molecule has 0 atom stereocenters. The monoisotopic (exact) mass is 141 g/mol. The van der Waals surface area contributed by atoms with Crippen LogP contribution in [0.25, 0.3) is 0 Å². The molecule has 3 nitrogen and oxygen atoms in total. The van der Waals surface area contributed by atoms with E-state index in [-0.39, 0.29) is 6.61 Å². The van der Waals surface area contributed by atoms with Crippen molar-refractivity contribution in [1.29, 1.82) is 0 Å². The number of allylic oxidation sites excluding steroid dienone is 1. The van der Waals surface area contributed by atoms with Crippen molar-refractivity contribution in [1.82, 2.24) is 0 Å². The van der Waals surface area contributed by atoms with Gasteiger partial charge >= 0.3 is 0 Å². The van der Waals surface area contributed by atoms with Crippen LogP contribution in [0.3, 0.4) is 0 Å². The molecule has 0 heterocycles. The fourth-order valence-corrected chi connectivity index (χ4v) is 0.550. The maximum atomic E-state index is 10.5. The highest BCUT2D eigenvalue weighted by atomic mass is 16.2. The number of hydrogen-bond acceptors (Lipinski definition) is 2.